The second-order valence-electron chi connectivity index (χ2n) is 4.72. The maximum atomic E-state index is 6.06. The molecule has 1 fully saturated rings. The summed E-state index contributed by atoms with van der Waals surface area (Å²) in [6.45, 7) is 4.32. The first kappa shape index (κ1) is 9.71. The molecule has 0 radical (unpaired) electrons. The average molecular weight is 193 g/mol. The Morgan fingerprint density at radius 3 is 2.86 bits per heavy atom. The second-order valence-corrected chi connectivity index (χ2v) is 4.72. The van der Waals surface area contributed by atoms with Gasteiger partial charge < -0.3 is 5.73 Å². The molecule has 78 valence electrons. The molecule has 1 aliphatic rings. The maximum Gasteiger partial charge on any atom is 0.0492 e. The standard InChI is InChI=1S/C11H19N3/c1-9(2)14-10(4-8-13-14)3-5-11(12)6-7-11/h4,8-9H,3,5-7,12H2,1-2H3. The second kappa shape index (κ2) is 3.39. The molecule has 2 N–H and O–H groups in total. The zero-order valence-electron chi connectivity index (χ0n) is 9.03. The van der Waals surface area contributed by atoms with Crippen LogP contribution in [0, 0.1) is 0 Å². The minimum Gasteiger partial charge on any atom is -0.325 e. The predicted octanol–water partition coefficient (Wildman–Crippen LogP) is 1.89. The van der Waals surface area contributed by atoms with Crippen molar-refractivity contribution in [3.8, 4) is 0 Å². The number of hydrogen-bond donors (Lipinski definition) is 1. The first-order valence-corrected chi connectivity index (χ1v) is 5.42. The van der Waals surface area contributed by atoms with E-state index in [2.05, 4.69) is 29.7 Å². The summed E-state index contributed by atoms with van der Waals surface area (Å²) in [5.41, 5.74) is 7.53. The van der Waals surface area contributed by atoms with Crippen LogP contribution in [0.4, 0.5) is 0 Å². The van der Waals surface area contributed by atoms with Crippen molar-refractivity contribution in [2.75, 3.05) is 0 Å². The molecule has 14 heavy (non-hydrogen) atoms. The Morgan fingerprint density at radius 2 is 2.29 bits per heavy atom. The van der Waals surface area contributed by atoms with E-state index in [0.717, 1.165) is 12.8 Å². The molecule has 0 atom stereocenters. The third-order valence-corrected chi connectivity index (χ3v) is 3.01. The van der Waals surface area contributed by atoms with E-state index in [0.29, 0.717) is 6.04 Å². The number of nitrogens with zero attached hydrogens (tertiary/aromatic N) is 2. The minimum absolute atomic E-state index is 0.159. The molecule has 1 aromatic rings. The molecule has 1 saturated carbocycles. The quantitative estimate of drug-likeness (QED) is 0.793. The summed E-state index contributed by atoms with van der Waals surface area (Å²) in [4.78, 5) is 0. The van der Waals surface area contributed by atoms with E-state index in [9.17, 15) is 0 Å². The monoisotopic (exact) mass is 193 g/mol. The van der Waals surface area contributed by atoms with Crippen LogP contribution in [0.3, 0.4) is 0 Å². The Balaban J connectivity index is 1.98. The lowest BCUT2D eigenvalue weighted by atomic mass is 10.1. The molecule has 0 aliphatic heterocycles. The summed E-state index contributed by atoms with van der Waals surface area (Å²) < 4.78 is 2.09. The van der Waals surface area contributed by atoms with Crippen LogP contribution in [0.5, 0.6) is 0 Å². The highest BCUT2D eigenvalue weighted by Gasteiger charge is 2.37. The first-order chi connectivity index (χ1) is 6.61. The van der Waals surface area contributed by atoms with Gasteiger partial charge in [0.1, 0.15) is 0 Å². The topological polar surface area (TPSA) is 43.8 Å². The molecule has 0 unspecified atom stereocenters. The van der Waals surface area contributed by atoms with Gasteiger partial charge in [-0.2, -0.15) is 5.10 Å². The molecule has 2 rings (SSSR count). The van der Waals surface area contributed by atoms with E-state index < -0.39 is 0 Å². The lowest BCUT2D eigenvalue weighted by molar-refractivity contribution is 0.493. The maximum absolute atomic E-state index is 6.06. The van der Waals surface area contributed by atoms with E-state index >= 15 is 0 Å². The van der Waals surface area contributed by atoms with Gasteiger partial charge in [-0.3, -0.25) is 4.68 Å². The van der Waals surface area contributed by atoms with E-state index in [4.69, 9.17) is 5.73 Å². The predicted molar refractivity (Wildman–Crippen MR) is 57.1 cm³/mol. The van der Waals surface area contributed by atoms with Crippen LogP contribution < -0.4 is 5.73 Å². The van der Waals surface area contributed by atoms with Crippen molar-refractivity contribution in [2.45, 2.75) is 51.1 Å². The molecule has 1 heterocycles. The molecule has 0 bridgehead atoms. The molecular formula is C11H19N3. The highest BCUT2D eigenvalue weighted by Crippen LogP contribution is 2.36. The Morgan fingerprint density at radius 1 is 1.57 bits per heavy atom. The minimum atomic E-state index is 0.159. The van der Waals surface area contributed by atoms with E-state index in [1.54, 1.807) is 0 Å². The van der Waals surface area contributed by atoms with Crippen molar-refractivity contribution >= 4 is 0 Å². The smallest absolute Gasteiger partial charge is 0.0492 e. The van der Waals surface area contributed by atoms with Crippen LogP contribution in [0.1, 0.15) is 44.8 Å². The van der Waals surface area contributed by atoms with Crippen LogP contribution in [0.15, 0.2) is 12.3 Å². The van der Waals surface area contributed by atoms with E-state index in [1.165, 1.54) is 18.5 Å². The van der Waals surface area contributed by atoms with Gasteiger partial charge in [0.15, 0.2) is 0 Å². The van der Waals surface area contributed by atoms with Crippen LogP contribution >= 0.6 is 0 Å². The highest BCUT2D eigenvalue weighted by atomic mass is 15.3. The normalized spacial score (nSPS) is 18.9. The fraction of sp³-hybridized carbons (Fsp3) is 0.727. The van der Waals surface area contributed by atoms with Crippen LogP contribution in [-0.4, -0.2) is 15.3 Å². The van der Waals surface area contributed by atoms with Gasteiger partial charge in [-0.25, -0.2) is 0 Å². The van der Waals surface area contributed by atoms with E-state index in [1.807, 2.05) is 6.20 Å². The summed E-state index contributed by atoms with van der Waals surface area (Å²) in [7, 11) is 0. The van der Waals surface area contributed by atoms with Crippen LogP contribution in [0.2, 0.25) is 0 Å². The van der Waals surface area contributed by atoms with Crippen molar-refractivity contribution in [1.29, 1.82) is 0 Å². The molecule has 1 aromatic heterocycles. The van der Waals surface area contributed by atoms with Gasteiger partial charge in [0.25, 0.3) is 0 Å². The third-order valence-electron chi connectivity index (χ3n) is 3.01. The summed E-state index contributed by atoms with van der Waals surface area (Å²) in [5, 5.41) is 4.31. The Labute approximate surface area is 85.3 Å². The van der Waals surface area contributed by atoms with Crippen molar-refractivity contribution < 1.29 is 0 Å². The van der Waals surface area contributed by atoms with Crippen LogP contribution in [-0.2, 0) is 6.42 Å². The first-order valence-electron chi connectivity index (χ1n) is 5.42. The largest absolute Gasteiger partial charge is 0.325 e. The number of rotatable bonds is 4. The SMILES string of the molecule is CC(C)n1nccc1CCC1(N)CC1. The number of hydrogen-bond acceptors (Lipinski definition) is 2. The third kappa shape index (κ3) is 1.98. The molecule has 1 aliphatic carbocycles. The molecular weight excluding hydrogens is 174 g/mol. The summed E-state index contributed by atoms with van der Waals surface area (Å²) >= 11 is 0. The Hall–Kier alpha value is -0.830. The van der Waals surface area contributed by atoms with Crippen LogP contribution in [0.25, 0.3) is 0 Å². The van der Waals surface area contributed by atoms with Crippen molar-refractivity contribution in [2.24, 2.45) is 5.73 Å². The van der Waals surface area contributed by atoms with E-state index in [-0.39, 0.29) is 5.54 Å². The van der Waals surface area contributed by atoms with Crippen molar-refractivity contribution in [3.05, 3.63) is 18.0 Å². The fourth-order valence-electron chi connectivity index (χ4n) is 1.79. The molecule has 3 nitrogen and oxygen atoms in total. The van der Waals surface area contributed by atoms with Gasteiger partial charge in [-0.15, -0.1) is 0 Å². The van der Waals surface area contributed by atoms with Crippen molar-refractivity contribution in [1.82, 2.24) is 9.78 Å². The van der Waals surface area contributed by atoms with Gasteiger partial charge in [0.2, 0.25) is 0 Å². The summed E-state index contributed by atoms with van der Waals surface area (Å²) in [5.74, 6) is 0. The lowest BCUT2D eigenvalue weighted by Gasteiger charge is -2.12. The van der Waals surface area contributed by atoms with Gasteiger partial charge >= 0.3 is 0 Å². The van der Waals surface area contributed by atoms with Gasteiger partial charge in [0, 0.05) is 23.5 Å². The molecule has 0 amide bonds. The van der Waals surface area contributed by atoms with Gasteiger partial charge in [0.05, 0.1) is 0 Å². The van der Waals surface area contributed by atoms with Gasteiger partial charge in [-0.1, -0.05) is 0 Å². The Bertz CT molecular complexity index is 310. The number of nitrogens with two attached hydrogens (primary N) is 1. The highest BCUT2D eigenvalue weighted by molar-refractivity contribution is 5.06. The molecule has 3 heteroatoms. The molecule has 0 saturated heterocycles. The average Bonchev–Trinajstić information content (AvgIpc) is 2.68. The van der Waals surface area contributed by atoms with Crippen molar-refractivity contribution in [3.63, 3.8) is 0 Å². The van der Waals surface area contributed by atoms with Gasteiger partial charge in [-0.05, 0) is 45.6 Å². The molecule has 0 spiro atoms. The summed E-state index contributed by atoms with van der Waals surface area (Å²) in [6, 6.07) is 2.55. The zero-order valence-corrected chi connectivity index (χ0v) is 9.03. The fourth-order valence-corrected chi connectivity index (χ4v) is 1.79. The lowest BCUT2D eigenvalue weighted by Crippen LogP contribution is -2.23. The molecule has 0 aromatic carbocycles. The Kier molecular flexibility index (Phi) is 2.35. The zero-order chi connectivity index (χ0) is 10.2. The number of aromatic nitrogens is 2. The number of aryl methyl sites for hydroxylation is 1. The summed E-state index contributed by atoms with van der Waals surface area (Å²) in [6.07, 6.45) is 6.44.